The summed E-state index contributed by atoms with van der Waals surface area (Å²) in [5, 5.41) is 11.1. The number of nitrogens with one attached hydrogen (secondary N) is 4. The fraction of sp³-hybridized carbons (Fsp3) is 0.294. The maximum absolute atomic E-state index is 13.3. The monoisotopic (exact) mass is 360 g/mol. The number of aromatic nitrogens is 2. The highest BCUT2D eigenvalue weighted by Crippen LogP contribution is 2.18. The molecule has 0 atom stereocenters. The average molecular weight is 360 g/mol. The zero-order chi connectivity index (χ0) is 18.9. The van der Waals surface area contributed by atoms with Crippen LogP contribution < -0.4 is 21.3 Å². The lowest BCUT2D eigenvalue weighted by Gasteiger charge is -2.11. The number of hydrogen-bond donors (Lipinski definition) is 4. The van der Waals surface area contributed by atoms with Crippen LogP contribution in [0.15, 0.2) is 30.5 Å². The third-order valence-corrected chi connectivity index (χ3v) is 3.29. The standard InChI is InChI=1S/C17H21FN6O2/c1-3-7-20-15-13(9-21-17(18)24-15)16(26)23-12-6-4-5-11(8-12)22-14(25)10-19-2/h4-6,8-9,19H,3,7,10H2,1-2H3,(H,22,25)(H,23,26)(H,20,21,24). The van der Waals surface area contributed by atoms with Crippen LogP contribution in [0.1, 0.15) is 23.7 Å². The van der Waals surface area contributed by atoms with Crippen molar-refractivity contribution in [3.8, 4) is 0 Å². The predicted molar refractivity (Wildman–Crippen MR) is 97.7 cm³/mol. The van der Waals surface area contributed by atoms with Gasteiger partial charge in [-0.05, 0) is 31.7 Å². The molecule has 0 aliphatic heterocycles. The van der Waals surface area contributed by atoms with Crippen molar-refractivity contribution in [2.75, 3.05) is 36.1 Å². The van der Waals surface area contributed by atoms with Crippen LogP contribution >= 0.6 is 0 Å². The SMILES string of the molecule is CCCNc1nc(F)ncc1C(=O)Nc1cccc(NC(=O)CNC)c1. The second-order valence-electron chi connectivity index (χ2n) is 5.44. The Hall–Kier alpha value is -3.07. The lowest BCUT2D eigenvalue weighted by Crippen LogP contribution is -2.25. The van der Waals surface area contributed by atoms with E-state index < -0.39 is 12.0 Å². The van der Waals surface area contributed by atoms with Gasteiger partial charge in [0.2, 0.25) is 5.91 Å². The van der Waals surface area contributed by atoms with Gasteiger partial charge in [-0.25, -0.2) is 4.98 Å². The molecule has 1 aromatic heterocycles. The van der Waals surface area contributed by atoms with Gasteiger partial charge < -0.3 is 21.3 Å². The van der Waals surface area contributed by atoms with Gasteiger partial charge >= 0.3 is 6.08 Å². The Morgan fingerprint density at radius 3 is 2.62 bits per heavy atom. The first-order valence-electron chi connectivity index (χ1n) is 8.15. The molecule has 0 unspecified atom stereocenters. The number of benzene rings is 1. The minimum Gasteiger partial charge on any atom is -0.369 e. The van der Waals surface area contributed by atoms with Gasteiger partial charge in [-0.3, -0.25) is 9.59 Å². The molecule has 0 aliphatic carbocycles. The highest BCUT2D eigenvalue weighted by atomic mass is 19.1. The zero-order valence-electron chi connectivity index (χ0n) is 14.6. The quantitative estimate of drug-likeness (QED) is 0.535. The highest BCUT2D eigenvalue weighted by molar-refractivity contribution is 6.07. The summed E-state index contributed by atoms with van der Waals surface area (Å²) in [7, 11) is 1.67. The Bertz CT molecular complexity index is 784. The van der Waals surface area contributed by atoms with E-state index in [1.807, 2.05) is 6.92 Å². The second kappa shape index (κ2) is 9.42. The first-order valence-corrected chi connectivity index (χ1v) is 8.15. The van der Waals surface area contributed by atoms with E-state index in [1.54, 1.807) is 31.3 Å². The maximum Gasteiger partial charge on any atom is 0.310 e. The summed E-state index contributed by atoms with van der Waals surface area (Å²) in [5.41, 5.74) is 1.15. The van der Waals surface area contributed by atoms with Gasteiger partial charge in [-0.1, -0.05) is 13.0 Å². The van der Waals surface area contributed by atoms with E-state index in [9.17, 15) is 14.0 Å². The normalized spacial score (nSPS) is 10.3. The molecule has 26 heavy (non-hydrogen) atoms. The molecule has 0 aliphatic rings. The van der Waals surface area contributed by atoms with Crippen LogP contribution in [0, 0.1) is 6.08 Å². The molecule has 4 N–H and O–H groups in total. The van der Waals surface area contributed by atoms with Crippen molar-refractivity contribution in [1.82, 2.24) is 15.3 Å². The van der Waals surface area contributed by atoms with Gasteiger partial charge in [-0.15, -0.1) is 0 Å². The Balaban J connectivity index is 2.13. The number of anilines is 3. The van der Waals surface area contributed by atoms with E-state index in [1.165, 1.54) is 0 Å². The fourth-order valence-electron chi connectivity index (χ4n) is 2.14. The van der Waals surface area contributed by atoms with E-state index in [0.717, 1.165) is 12.6 Å². The van der Waals surface area contributed by atoms with Gasteiger partial charge in [0.25, 0.3) is 5.91 Å². The molecule has 138 valence electrons. The van der Waals surface area contributed by atoms with Crippen LogP contribution in [-0.4, -0.2) is 41.9 Å². The van der Waals surface area contributed by atoms with Crippen molar-refractivity contribution in [2.24, 2.45) is 0 Å². The molecule has 1 aromatic carbocycles. The molecule has 8 nitrogen and oxygen atoms in total. The number of nitrogens with zero attached hydrogens (tertiary/aromatic N) is 2. The summed E-state index contributed by atoms with van der Waals surface area (Å²) >= 11 is 0. The van der Waals surface area contributed by atoms with Gasteiger partial charge in [0.1, 0.15) is 11.4 Å². The largest absolute Gasteiger partial charge is 0.369 e. The molecule has 2 aromatic rings. The Labute approximate surface area is 150 Å². The van der Waals surface area contributed by atoms with E-state index in [4.69, 9.17) is 0 Å². The Morgan fingerprint density at radius 2 is 1.92 bits per heavy atom. The van der Waals surface area contributed by atoms with Crippen LogP contribution in [0.5, 0.6) is 0 Å². The first-order chi connectivity index (χ1) is 12.5. The first kappa shape index (κ1) is 19.3. The van der Waals surface area contributed by atoms with Crippen LogP contribution in [0.25, 0.3) is 0 Å². The summed E-state index contributed by atoms with van der Waals surface area (Å²) in [4.78, 5) is 31.2. The van der Waals surface area contributed by atoms with Crippen molar-refractivity contribution < 1.29 is 14.0 Å². The van der Waals surface area contributed by atoms with Crippen molar-refractivity contribution in [1.29, 1.82) is 0 Å². The van der Waals surface area contributed by atoms with Crippen LogP contribution in [-0.2, 0) is 4.79 Å². The molecule has 0 fully saturated rings. The molecule has 0 saturated heterocycles. The molecule has 0 radical (unpaired) electrons. The average Bonchev–Trinajstić information content (AvgIpc) is 2.60. The molecule has 0 spiro atoms. The Morgan fingerprint density at radius 1 is 1.19 bits per heavy atom. The molecular weight excluding hydrogens is 339 g/mol. The van der Waals surface area contributed by atoms with Gasteiger partial charge in [0.05, 0.1) is 6.54 Å². The smallest absolute Gasteiger partial charge is 0.310 e. The van der Waals surface area contributed by atoms with E-state index >= 15 is 0 Å². The van der Waals surface area contributed by atoms with Crippen LogP contribution in [0.2, 0.25) is 0 Å². The summed E-state index contributed by atoms with van der Waals surface area (Å²) in [6.45, 7) is 2.66. The van der Waals surface area contributed by atoms with E-state index in [0.29, 0.717) is 17.9 Å². The summed E-state index contributed by atoms with van der Waals surface area (Å²) in [6, 6.07) is 6.70. The molecule has 0 saturated carbocycles. The van der Waals surface area contributed by atoms with E-state index in [2.05, 4.69) is 31.2 Å². The molecule has 2 rings (SSSR count). The lowest BCUT2D eigenvalue weighted by molar-refractivity contribution is -0.115. The van der Waals surface area contributed by atoms with Crippen LogP contribution in [0.4, 0.5) is 21.6 Å². The number of halogens is 1. The summed E-state index contributed by atoms with van der Waals surface area (Å²) in [6.07, 6.45) is 1.02. The summed E-state index contributed by atoms with van der Waals surface area (Å²) in [5.74, 6) is -0.549. The number of rotatable bonds is 8. The van der Waals surface area contributed by atoms with Crippen LogP contribution in [0.3, 0.4) is 0 Å². The minimum atomic E-state index is -0.908. The number of carbonyl (C=O) groups excluding carboxylic acids is 2. The Kier molecular flexibility index (Phi) is 6.98. The van der Waals surface area contributed by atoms with Gasteiger partial charge in [0, 0.05) is 24.1 Å². The zero-order valence-corrected chi connectivity index (χ0v) is 14.6. The van der Waals surface area contributed by atoms with Gasteiger partial charge in [0.15, 0.2) is 0 Å². The molecule has 0 bridgehead atoms. The third-order valence-electron chi connectivity index (χ3n) is 3.29. The highest BCUT2D eigenvalue weighted by Gasteiger charge is 2.15. The lowest BCUT2D eigenvalue weighted by atomic mass is 10.2. The number of hydrogen-bond acceptors (Lipinski definition) is 6. The number of likely N-dealkylation sites (N-methyl/N-ethyl adjacent to an activating group) is 1. The number of carbonyl (C=O) groups is 2. The van der Waals surface area contributed by atoms with Crippen molar-refractivity contribution in [2.45, 2.75) is 13.3 Å². The van der Waals surface area contributed by atoms with Gasteiger partial charge in [-0.2, -0.15) is 9.37 Å². The molecule has 1 heterocycles. The van der Waals surface area contributed by atoms with Crippen molar-refractivity contribution >= 4 is 29.0 Å². The predicted octanol–water partition coefficient (Wildman–Crippen LogP) is 1.85. The van der Waals surface area contributed by atoms with E-state index in [-0.39, 0.29) is 23.8 Å². The minimum absolute atomic E-state index is 0.129. The maximum atomic E-state index is 13.3. The third kappa shape index (κ3) is 5.49. The molecule has 2 amide bonds. The summed E-state index contributed by atoms with van der Waals surface area (Å²) < 4.78 is 13.3. The second-order valence-corrected chi connectivity index (χ2v) is 5.44. The fourth-order valence-corrected chi connectivity index (χ4v) is 2.14. The van der Waals surface area contributed by atoms with Crippen molar-refractivity contribution in [3.63, 3.8) is 0 Å². The van der Waals surface area contributed by atoms with Crippen molar-refractivity contribution in [3.05, 3.63) is 42.1 Å². The molecule has 9 heteroatoms. The number of amides is 2. The topological polar surface area (TPSA) is 108 Å². The molecular formula is C17H21FN6O2.